The Balaban J connectivity index is 0.00000117. The Hall–Kier alpha value is -2.99. The summed E-state index contributed by atoms with van der Waals surface area (Å²) in [6, 6.07) is 11.6. The van der Waals surface area contributed by atoms with Gasteiger partial charge in [-0.15, -0.1) is 0 Å². The van der Waals surface area contributed by atoms with E-state index in [-0.39, 0.29) is 5.82 Å². The van der Waals surface area contributed by atoms with Crippen LogP contribution in [0.15, 0.2) is 42.6 Å². The van der Waals surface area contributed by atoms with Crippen LogP contribution in [0.2, 0.25) is 0 Å². The van der Waals surface area contributed by atoms with Crippen molar-refractivity contribution in [2.45, 2.75) is 20.5 Å². The monoisotopic (exact) mass is 353 g/mol. The van der Waals surface area contributed by atoms with Gasteiger partial charge in [-0.25, -0.2) is 14.8 Å². The molecule has 0 bridgehead atoms. The van der Waals surface area contributed by atoms with Gasteiger partial charge in [-0.3, -0.25) is 0 Å². The molecule has 0 saturated carbocycles. The lowest BCUT2D eigenvalue weighted by Crippen LogP contribution is -2.07. The Bertz CT molecular complexity index is 910. The molecule has 3 aromatic rings. The Morgan fingerprint density at radius 2 is 1.85 bits per heavy atom. The van der Waals surface area contributed by atoms with Crippen LogP contribution in [-0.4, -0.2) is 30.2 Å². The minimum Gasteiger partial charge on any atom is -0.463 e. The number of nitrogen functional groups attached to an aromatic ring is 1. The normalized spacial score (nSPS) is 10.2. The molecule has 0 amide bonds. The molecule has 0 atom stereocenters. The summed E-state index contributed by atoms with van der Waals surface area (Å²) in [6.45, 7) is 4.45. The van der Waals surface area contributed by atoms with Crippen LogP contribution in [0.3, 0.4) is 0 Å². The zero-order valence-electron chi connectivity index (χ0n) is 15.4. The van der Waals surface area contributed by atoms with Crippen molar-refractivity contribution >= 4 is 22.4 Å². The SMILES string of the molecule is CC.COCc1ccc2ccc(-c3ccnc(C(=O)OC)n3)cc2c1N. The summed E-state index contributed by atoms with van der Waals surface area (Å²) in [5.41, 5.74) is 9.35. The molecule has 3 rings (SSSR count). The van der Waals surface area contributed by atoms with Gasteiger partial charge in [-0.2, -0.15) is 0 Å². The molecule has 26 heavy (non-hydrogen) atoms. The molecular weight excluding hydrogens is 330 g/mol. The van der Waals surface area contributed by atoms with E-state index in [1.165, 1.54) is 13.3 Å². The van der Waals surface area contributed by atoms with E-state index < -0.39 is 5.97 Å². The highest BCUT2D eigenvalue weighted by molar-refractivity contribution is 5.97. The first-order valence-corrected chi connectivity index (χ1v) is 8.36. The molecule has 0 fully saturated rings. The third-order valence-corrected chi connectivity index (χ3v) is 3.77. The fraction of sp³-hybridized carbons (Fsp3) is 0.250. The van der Waals surface area contributed by atoms with Gasteiger partial charge < -0.3 is 15.2 Å². The molecular formula is C20H23N3O3. The predicted octanol–water partition coefficient (Wildman–Crippen LogP) is 3.84. The number of rotatable bonds is 4. The van der Waals surface area contributed by atoms with E-state index >= 15 is 0 Å². The summed E-state index contributed by atoms with van der Waals surface area (Å²) >= 11 is 0. The Kier molecular flexibility index (Phi) is 6.63. The number of hydrogen-bond donors (Lipinski definition) is 1. The first-order chi connectivity index (χ1) is 12.6. The molecule has 6 heteroatoms. The van der Waals surface area contributed by atoms with Crippen molar-refractivity contribution in [3.8, 4) is 11.3 Å². The molecule has 0 aliphatic rings. The second-order valence-electron chi connectivity index (χ2n) is 5.26. The van der Waals surface area contributed by atoms with Gasteiger partial charge in [-0.1, -0.05) is 38.1 Å². The number of fused-ring (bicyclic) bond motifs is 1. The van der Waals surface area contributed by atoms with Gasteiger partial charge in [0.1, 0.15) is 0 Å². The zero-order valence-corrected chi connectivity index (χ0v) is 15.4. The lowest BCUT2D eigenvalue weighted by atomic mass is 10.0. The Morgan fingerprint density at radius 3 is 2.54 bits per heavy atom. The summed E-state index contributed by atoms with van der Waals surface area (Å²) in [7, 11) is 2.93. The molecule has 2 N–H and O–H groups in total. The number of ether oxygens (including phenoxy) is 2. The van der Waals surface area contributed by atoms with Crippen LogP contribution in [-0.2, 0) is 16.1 Å². The number of esters is 1. The van der Waals surface area contributed by atoms with Gasteiger partial charge in [0, 0.05) is 35.5 Å². The molecule has 6 nitrogen and oxygen atoms in total. The summed E-state index contributed by atoms with van der Waals surface area (Å²) in [5, 5.41) is 1.94. The summed E-state index contributed by atoms with van der Waals surface area (Å²) in [5.74, 6) is -0.546. The van der Waals surface area contributed by atoms with Crippen molar-refractivity contribution in [3.63, 3.8) is 0 Å². The van der Waals surface area contributed by atoms with E-state index in [0.717, 1.165) is 21.9 Å². The van der Waals surface area contributed by atoms with Crippen molar-refractivity contribution in [1.29, 1.82) is 0 Å². The number of carbonyl (C=O) groups is 1. The van der Waals surface area contributed by atoms with Crippen molar-refractivity contribution in [1.82, 2.24) is 9.97 Å². The maximum atomic E-state index is 11.6. The number of anilines is 1. The minimum atomic E-state index is -0.570. The molecule has 136 valence electrons. The second kappa shape index (κ2) is 8.92. The molecule has 0 aliphatic carbocycles. The molecule has 1 heterocycles. The molecule has 2 aromatic carbocycles. The number of methoxy groups -OCH3 is 2. The van der Waals surface area contributed by atoms with Gasteiger partial charge in [0.2, 0.25) is 5.82 Å². The average molecular weight is 353 g/mol. The zero-order chi connectivity index (χ0) is 19.1. The minimum absolute atomic E-state index is 0.0243. The first kappa shape index (κ1) is 19.3. The van der Waals surface area contributed by atoms with Crippen molar-refractivity contribution in [2.24, 2.45) is 0 Å². The number of benzene rings is 2. The molecule has 0 aliphatic heterocycles. The molecule has 1 aromatic heterocycles. The van der Waals surface area contributed by atoms with Crippen LogP contribution < -0.4 is 5.73 Å². The third-order valence-electron chi connectivity index (χ3n) is 3.77. The fourth-order valence-electron chi connectivity index (χ4n) is 2.54. The standard InChI is InChI=1S/C18H17N3O3.C2H6/c1-23-10-13-6-4-11-3-5-12(9-14(11)16(13)19)15-7-8-20-17(21-15)18(22)24-2;1-2/h3-9H,10,19H2,1-2H3;1-2H3. The Labute approximate surface area is 153 Å². The lowest BCUT2D eigenvalue weighted by Gasteiger charge is -2.10. The number of aromatic nitrogens is 2. The maximum absolute atomic E-state index is 11.6. The summed E-state index contributed by atoms with van der Waals surface area (Å²) in [4.78, 5) is 19.8. The second-order valence-corrected chi connectivity index (χ2v) is 5.26. The van der Waals surface area contributed by atoms with Crippen molar-refractivity contribution < 1.29 is 14.3 Å². The lowest BCUT2D eigenvalue weighted by molar-refractivity contribution is 0.0587. The topological polar surface area (TPSA) is 87.3 Å². The van der Waals surface area contributed by atoms with Crippen LogP contribution in [0.5, 0.6) is 0 Å². The first-order valence-electron chi connectivity index (χ1n) is 8.36. The van der Waals surface area contributed by atoms with Gasteiger partial charge >= 0.3 is 5.97 Å². The van der Waals surface area contributed by atoms with E-state index in [9.17, 15) is 4.79 Å². The number of nitrogens with zero attached hydrogens (tertiary/aromatic N) is 2. The Morgan fingerprint density at radius 1 is 1.12 bits per heavy atom. The van der Waals surface area contributed by atoms with Crippen LogP contribution in [0.4, 0.5) is 5.69 Å². The van der Waals surface area contributed by atoms with E-state index in [4.69, 9.17) is 10.5 Å². The van der Waals surface area contributed by atoms with Gasteiger partial charge in [0.15, 0.2) is 0 Å². The number of nitrogens with two attached hydrogens (primary N) is 1. The molecule has 0 saturated heterocycles. The van der Waals surface area contributed by atoms with E-state index in [1.54, 1.807) is 13.2 Å². The smallest absolute Gasteiger partial charge is 0.376 e. The van der Waals surface area contributed by atoms with E-state index in [2.05, 4.69) is 14.7 Å². The quantitative estimate of drug-likeness (QED) is 0.566. The van der Waals surface area contributed by atoms with Crippen molar-refractivity contribution in [2.75, 3.05) is 20.0 Å². The maximum Gasteiger partial charge on any atom is 0.376 e. The summed E-state index contributed by atoms with van der Waals surface area (Å²) < 4.78 is 9.84. The van der Waals surface area contributed by atoms with Crippen molar-refractivity contribution in [3.05, 3.63) is 54.0 Å². The van der Waals surface area contributed by atoms with Gasteiger partial charge in [-0.05, 0) is 17.5 Å². The van der Waals surface area contributed by atoms with Crippen LogP contribution in [0.1, 0.15) is 30.0 Å². The summed E-state index contributed by atoms with van der Waals surface area (Å²) in [6.07, 6.45) is 1.53. The highest BCUT2D eigenvalue weighted by Crippen LogP contribution is 2.29. The third kappa shape index (κ3) is 3.97. The van der Waals surface area contributed by atoms with Crippen LogP contribution in [0.25, 0.3) is 22.0 Å². The van der Waals surface area contributed by atoms with Gasteiger partial charge in [0.25, 0.3) is 0 Å². The van der Waals surface area contributed by atoms with Crippen LogP contribution in [0, 0.1) is 0 Å². The molecule has 0 radical (unpaired) electrons. The average Bonchev–Trinajstić information content (AvgIpc) is 2.71. The van der Waals surface area contributed by atoms with Gasteiger partial charge in [0.05, 0.1) is 19.4 Å². The largest absolute Gasteiger partial charge is 0.463 e. The van der Waals surface area contributed by atoms with E-state index in [1.807, 2.05) is 44.2 Å². The van der Waals surface area contributed by atoms with E-state index in [0.29, 0.717) is 18.0 Å². The highest BCUT2D eigenvalue weighted by atomic mass is 16.5. The number of hydrogen-bond acceptors (Lipinski definition) is 6. The number of carbonyl (C=O) groups excluding carboxylic acids is 1. The molecule has 0 unspecified atom stereocenters. The predicted molar refractivity (Wildman–Crippen MR) is 103 cm³/mol. The fourth-order valence-corrected chi connectivity index (χ4v) is 2.54. The highest BCUT2D eigenvalue weighted by Gasteiger charge is 2.12. The molecule has 0 spiro atoms. The van der Waals surface area contributed by atoms with Crippen LogP contribution >= 0.6 is 0 Å².